The first-order valence-electron chi connectivity index (χ1n) is 9.93. The molecule has 2 fully saturated rings. The molecular formula is C22H21FN4O3. The number of aliphatic hydroxyl groups is 1. The summed E-state index contributed by atoms with van der Waals surface area (Å²) in [6.07, 6.45) is 1.87. The highest BCUT2D eigenvalue weighted by Crippen LogP contribution is 2.53. The van der Waals surface area contributed by atoms with Crippen LogP contribution in [-0.2, 0) is 4.79 Å². The molecule has 1 aliphatic carbocycles. The van der Waals surface area contributed by atoms with E-state index < -0.39 is 23.2 Å². The molecular weight excluding hydrogens is 387 g/mol. The molecule has 4 aliphatic rings. The van der Waals surface area contributed by atoms with Gasteiger partial charge in [0.25, 0.3) is 11.8 Å². The normalized spacial score (nSPS) is 26.3. The zero-order chi connectivity index (χ0) is 21.4. The van der Waals surface area contributed by atoms with Crippen molar-refractivity contribution in [2.75, 3.05) is 13.6 Å². The number of benzene rings is 1. The Kier molecular flexibility index (Phi) is 3.86. The number of hydrogen-bond acceptors (Lipinski definition) is 4. The van der Waals surface area contributed by atoms with Gasteiger partial charge in [0.2, 0.25) is 5.60 Å². The van der Waals surface area contributed by atoms with Crippen LogP contribution in [0.15, 0.2) is 12.1 Å². The van der Waals surface area contributed by atoms with Gasteiger partial charge in [-0.25, -0.2) is 9.37 Å². The minimum absolute atomic E-state index is 0.0801. The highest BCUT2D eigenvalue weighted by Gasteiger charge is 2.43. The summed E-state index contributed by atoms with van der Waals surface area (Å²) in [5.74, 6) is 4.46. The SMILES string of the molecule is Cc1c(C(N)=O)nc2n1C1CC(C1)c1cc(F)c(C#C[C@@]3(O)CCN(C)C3=O)cc1-2. The maximum Gasteiger partial charge on any atom is 0.269 e. The van der Waals surface area contributed by atoms with Crippen LogP contribution in [-0.4, -0.2) is 50.6 Å². The first-order chi connectivity index (χ1) is 14.2. The average Bonchev–Trinajstić information content (AvgIpc) is 3.03. The molecule has 4 heterocycles. The lowest BCUT2D eigenvalue weighted by molar-refractivity contribution is -0.137. The summed E-state index contributed by atoms with van der Waals surface area (Å²) in [6.45, 7) is 2.21. The van der Waals surface area contributed by atoms with Crippen molar-refractivity contribution in [2.45, 2.75) is 43.7 Å². The molecule has 1 aromatic carbocycles. The number of hydrogen-bond donors (Lipinski definition) is 2. The molecule has 154 valence electrons. The number of carbonyl (C=O) groups excluding carboxylic acids is 2. The first-order valence-corrected chi connectivity index (χ1v) is 9.93. The second-order valence-corrected chi connectivity index (χ2v) is 8.43. The Morgan fingerprint density at radius 2 is 2.13 bits per heavy atom. The third kappa shape index (κ3) is 2.52. The molecule has 1 saturated heterocycles. The number of aromatic nitrogens is 2. The third-order valence-electron chi connectivity index (χ3n) is 6.60. The van der Waals surface area contributed by atoms with Gasteiger partial charge in [0.05, 0.1) is 5.56 Å². The van der Waals surface area contributed by atoms with E-state index in [1.54, 1.807) is 13.1 Å². The Balaban J connectivity index is 1.65. The van der Waals surface area contributed by atoms with Crippen molar-refractivity contribution in [1.82, 2.24) is 14.5 Å². The molecule has 2 amide bonds. The molecule has 0 spiro atoms. The molecule has 3 N–H and O–H groups in total. The third-order valence-corrected chi connectivity index (χ3v) is 6.60. The zero-order valence-electron chi connectivity index (χ0n) is 16.7. The summed E-state index contributed by atoms with van der Waals surface area (Å²) in [5.41, 5.74) is 6.24. The van der Waals surface area contributed by atoms with E-state index in [1.807, 2.05) is 11.5 Å². The number of primary amides is 1. The van der Waals surface area contributed by atoms with Gasteiger partial charge in [-0.3, -0.25) is 9.59 Å². The van der Waals surface area contributed by atoms with E-state index in [2.05, 4.69) is 16.8 Å². The fraction of sp³-hybridized carbons (Fsp3) is 0.409. The molecule has 1 atom stereocenters. The van der Waals surface area contributed by atoms with Crippen molar-refractivity contribution in [3.05, 3.63) is 40.5 Å². The standard InChI is InChI=1S/C22H21FN4O3/c1-11-18(19(24)28)25-20-16-9-12(3-4-22(30)5-6-26(2)21(22)29)17(23)10-15(16)13-7-14(8-13)27(11)20/h9-10,13-14,30H,5-8H2,1-2H3,(H2,24,28)/t13?,14?,22-/m1/s1. The Labute approximate surface area is 172 Å². The number of carbonyl (C=O) groups is 2. The maximum absolute atomic E-state index is 14.9. The first kappa shape index (κ1) is 18.8. The predicted molar refractivity (Wildman–Crippen MR) is 106 cm³/mol. The van der Waals surface area contributed by atoms with Crippen LogP contribution in [0.25, 0.3) is 11.4 Å². The molecule has 2 bridgehead atoms. The fourth-order valence-electron chi connectivity index (χ4n) is 4.79. The van der Waals surface area contributed by atoms with Gasteiger partial charge >= 0.3 is 0 Å². The zero-order valence-corrected chi connectivity index (χ0v) is 16.7. The summed E-state index contributed by atoms with van der Waals surface area (Å²) >= 11 is 0. The number of nitrogens with zero attached hydrogens (tertiary/aromatic N) is 3. The minimum Gasteiger partial charge on any atom is -0.369 e. The van der Waals surface area contributed by atoms with E-state index in [4.69, 9.17) is 5.73 Å². The van der Waals surface area contributed by atoms with Crippen LogP contribution in [0.3, 0.4) is 0 Å². The van der Waals surface area contributed by atoms with E-state index >= 15 is 0 Å². The molecule has 1 saturated carbocycles. The lowest BCUT2D eigenvalue weighted by atomic mass is 9.75. The number of likely N-dealkylation sites (tertiary alicyclic amines) is 1. The summed E-state index contributed by atoms with van der Waals surface area (Å²) in [6, 6.07) is 3.27. The molecule has 0 unspecified atom stereocenters. The van der Waals surface area contributed by atoms with Gasteiger partial charge in [0, 0.05) is 37.3 Å². The van der Waals surface area contributed by atoms with Crippen molar-refractivity contribution in [2.24, 2.45) is 5.73 Å². The largest absolute Gasteiger partial charge is 0.369 e. The van der Waals surface area contributed by atoms with E-state index in [9.17, 15) is 19.1 Å². The Bertz CT molecular complexity index is 1190. The van der Waals surface area contributed by atoms with Gasteiger partial charge in [-0.1, -0.05) is 11.8 Å². The number of rotatable bonds is 1. The second-order valence-electron chi connectivity index (χ2n) is 8.43. The van der Waals surface area contributed by atoms with Crippen LogP contribution in [0.1, 0.15) is 58.5 Å². The van der Waals surface area contributed by atoms with E-state index in [1.165, 1.54) is 11.0 Å². The second kappa shape index (κ2) is 6.16. The number of likely N-dealkylation sites (N-methyl/N-ethyl adjacent to an activating group) is 1. The van der Waals surface area contributed by atoms with Gasteiger partial charge < -0.3 is 20.3 Å². The van der Waals surface area contributed by atoms with Crippen LogP contribution in [0.4, 0.5) is 4.39 Å². The molecule has 30 heavy (non-hydrogen) atoms. The molecule has 8 heteroatoms. The highest BCUT2D eigenvalue weighted by molar-refractivity contribution is 5.93. The fourth-order valence-corrected chi connectivity index (χ4v) is 4.79. The summed E-state index contributed by atoms with van der Waals surface area (Å²) in [7, 11) is 1.59. The molecule has 0 radical (unpaired) electrons. The Hall–Kier alpha value is -3.18. The Morgan fingerprint density at radius 1 is 1.40 bits per heavy atom. The molecule has 1 aromatic heterocycles. The lowest BCUT2D eigenvalue weighted by Gasteiger charge is -2.35. The average molecular weight is 408 g/mol. The smallest absolute Gasteiger partial charge is 0.269 e. The van der Waals surface area contributed by atoms with Gasteiger partial charge in [-0.05, 0) is 43.4 Å². The van der Waals surface area contributed by atoms with Gasteiger partial charge in [0.1, 0.15) is 17.3 Å². The number of imidazole rings is 1. The van der Waals surface area contributed by atoms with Crippen molar-refractivity contribution >= 4 is 11.8 Å². The van der Waals surface area contributed by atoms with E-state index in [0.29, 0.717) is 23.6 Å². The number of halogens is 1. The van der Waals surface area contributed by atoms with Gasteiger partial charge in [-0.2, -0.15) is 0 Å². The van der Waals surface area contributed by atoms with Crippen LogP contribution < -0.4 is 5.73 Å². The Morgan fingerprint density at radius 3 is 2.77 bits per heavy atom. The summed E-state index contributed by atoms with van der Waals surface area (Å²) < 4.78 is 16.9. The lowest BCUT2D eigenvalue weighted by Crippen LogP contribution is -2.37. The molecule has 6 rings (SSSR count). The summed E-state index contributed by atoms with van der Waals surface area (Å²) in [5, 5.41) is 10.5. The van der Waals surface area contributed by atoms with Crippen molar-refractivity contribution in [1.29, 1.82) is 0 Å². The van der Waals surface area contributed by atoms with Crippen molar-refractivity contribution in [3.63, 3.8) is 0 Å². The van der Waals surface area contributed by atoms with Crippen LogP contribution >= 0.6 is 0 Å². The van der Waals surface area contributed by atoms with E-state index in [-0.39, 0.29) is 29.6 Å². The quantitative estimate of drug-likeness (QED) is 0.698. The van der Waals surface area contributed by atoms with Gasteiger partial charge in [-0.15, -0.1) is 0 Å². The number of amides is 2. The minimum atomic E-state index is -1.80. The predicted octanol–water partition coefficient (Wildman–Crippen LogP) is 1.47. The monoisotopic (exact) mass is 408 g/mol. The maximum atomic E-state index is 14.9. The molecule has 7 nitrogen and oxygen atoms in total. The van der Waals surface area contributed by atoms with Crippen LogP contribution in [0.5, 0.6) is 0 Å². The highest BCUT2D eigenvalue weighted by atomic mass is 19.1. The van der Waals surface area contributed by atoms with Crippen molar-refractivity contribution < 1.29 is 19.1 Å². The topological polar surface area (TPSA) is 101 Å². The van der Waals surface area contributed by atoms with Gasteiger partial charge in [0.15, 0.2) is 0 Å². The van der Waals surface area contributed by atoms with E-state index in [0.717, 1.165) is 18.4 Å². The van der Waals surface area contributed by atoms with Crippen LogP contribution in [0.2, 0.25) is 0 Å². The molecule has 3 aliphatic heterocycles. The molecule has 2 aromatic rings. The summed E-state index contributed by atoms with van der Waals surface area (Å²) in [4.78, 5) is 29.9. The van der Waals surface area contributed by atoms with Crippen molar-refractivity contribution in [3.8, 4) is 23.2 Å². The number of nitrogens with two attached hydrogens (primary N) is 1. The van der Waals surface area contributed by atoms with Crippen LogP contribution in [0, 0.1) is 24.6 Å².